The Morgan fingerprint density at radius 3 is 2.77 bits per heavy atom. The summed E-state index contributed by atoms with van der Waals surface area (Å²) in [5, 5.41) is 2.81. The smallest absolute Gasteiger partial charge is 0.234 e. The van der Waals surface area contributed by atoms with Gasteiger partial charge in [0.2, 0.25) is 11.8 Å². The van der Waals surface area contributed by atoms with Gasteiger partial charge in [-0.3, -0.25) is 24.8 Å². The fraction of sp³-hybridized carbons (Fsp3) is 0.593. The zero-order valence-corrected chi connectivity index (χ0v) is 20.4. The summed E-state index contributed by atoms with van der Waals surface area (Å²) in [6.45, 7) is 8.30. The lowest BCUT2D eigenvalue weighted by molar-refractivity contribution is -0.134. The minimum atomic E-state index is -0.628. The Balaban J connectivity index is 1.29. The number of nitrogens with one attached hydrogen (secondary N) is 1. The third-order valence-corrected chi connectivity index (χ3v) is 8.59. The number of nitrogens with zero attached hydrogens (tertiary/aromatic N) is 2. The highest BCUT2D eigenvalue weighted by Crippen LogP contribution is 2.61. The van der Waals surface area contributed by atoms with Gasteiger partial charge >= 0.3 is 0 Å². The maximum atomic E-state index is 16.1. The number of ether oxygens (including phenoxy) is 2. The number of imide groups is 1. The minimum Gasteiger partial charge on any atom is -0.381 e. The molecule has 8 heteroatoms. The summed E-state index contributed by atoms with van der Waals surface area (Å²) in [6, 6.07) is 5.45. The van der Waals surface area contributed by atoms with Crippen molar-refractivity contribution >= 4 is 22.7 Å². The molecule has 35 heavy (non-hydrogen) atoms. The van der Waals surface area contributed by atoms with E-state index < -0.39 is 17.1 Å². The molecule has 2 amide bonds. The first-order valence-electron chi connectivity index (χ1n) is 12.7. The molecule has 0 spiro atoms. The van der Waals surface area contributed by atoms with E-state index in [4.69, 9.17) is 9.47 Å². The molecule has 3 atom stereocenters. The van der Waals surface area contributed by atoms with Crippen LogP contribution in [0.15, 0.2) is 18.2 Å². The van der Waals surface area contributed by atoms with Gasteiger partial charge in [-0.15, -0.1) is 0 Å². The Kier molecular flexibility index (Phi) is 5.47. The fourth-order valence-electron chi connectivity index (χ4n) is 6.56. The number of carbonyl (C=O) groups excluding carboxylic acids is 2. The predicted octanol–water partition coefficient (Wildman–Crippen LogP) is 3.32. The Morgan fingerprint density at radius 2 is 2.03 bits per heavy atom. The molecule has 4 saturated heterocycles. The molecule has 4 fully saturated rings. The lowest BCUT2D eigenvalue weighted by Gasteiger charge is -2.36. The molecule has 4 aliphatic heterocycles. The zero-order chi connectivity index (χ0) is 24.4. The average molecular weight is 482 g/mol. The number of epoxide rings is 1. The van der Waals surface area contributed by atoms with Crippen LogP contribution in [0.2, 0.25) is 0 Å². The number of rotatable bonds is 4. The third kappa shape index (κ3) is 3.77. The number of benzene rings is 1. The molecule has 6 rings (SSSR count). The van der Waals surface area contributed by atoms with Crippen molar-refractivity contribution in [3.8, 4) is 0 Å². The summed E-state index contributed by atoms with van der Waals surface area (Å²) < 4.78 is 28.0. The van der Waals surface area contributed by atoms with E-state index in [1.165, 1.54) is 0 Å². The van der Waals surface area contributed by atoms with E-state index in [0.717, 1.165) is 52.1 Å². The number of amides is 2. The molecule has 1 aromatic carbocycles. The first-order chi connectivity index (χ1) is 16.8. The van der Waals surface area contributed by atoms with E-state index in [-0.39, 0.29) is 24.1 Å². The van der Waals surface area contributed by atoms with Gasteiger partial charge in [-0.05, 0) is 63.1 Å². The van der Waals surface area contributed by atoms with E-state index in [2.05, 4.69) is 22.1 Å². The zero-order valence-electron chi connectivity index (χ0n) is 20.4. The molecule has 0 bridgehead atoms. The molecule has 0 radical (unpaired) electrons. The number of likely N-dealkylation sites (tertiary alicyclic amines) is 1. The lowest BCUT2D eigenvalue weighted by atomic mass is 9.80. The molecular formula is C27H32FN3O4. The number of hydrogen-bond acceptors (Lipinski definition) is 6. The number of pyridine rings is 1. The Bertz CT molecular complexity index is 1210. The van der Waals surface area contributed by atoms with Crippen LogP contribution < -0.4 is 5.32 Å². The van der Waals surface area contributed by atoms with Crippen LogP contribution in [0.25, 0.3) is 10.9 Å². The number of carbonyl (C=O) groups is 2. The summed E-state index contributed by atoms with van der Waals surface area (Å²) in [5.41, 5.74) is 1.47. The number of hydrogen-bond donors (Lipinski definition) is 1. The summed E-state index contributed by atoms with van der Waals surface area (Å²) in [6.07, 6.45) is 3.62. The minimum absolute atomic E-state index is 0.265. The van der Waals surface area contributed by atoms with Crippen molar-refractivity contribution in [2.45, 2.75) is 63.1 Å². The van der Waals surface area contributed by atoms with Crippen LogP contribution in [-0.2, 0) is 24.7 Å². The van der Waals surface area contributed by atoms with Crippen molar-refractivity contribution in [3.05, 3.63) is 40.8 Å². The monoisotopic (exact) mass is 481 g/mol. The van der Waals surface area contributed by atoms with Gasteiger partial charge in [-0.2, -0.15) is 0 Å². The second-order valence-corrected chi connectivity index (χ2v) is 10.9. The average Bonchev–Trinajstić information content (AvgIpc) is 3.46. The van der Waals surface area contributed by atoms with E-state index >= 15 is 4.39 Å². The van der Waals surface area contributed by atoms with Crippen LogP contribution in [0.4, 0.5) is 4.39 Å². The van der Waals surface area contributed by atoms with Crippen LogP contribution in [0.5, 0.6) is 0 Å². The number of aromatic nitrogens is 1. The molecule has 0 saturated carbocycles. The van der Waals surface area contributed by atoms with Gasteiger partial charge < -0.3 is 9.47 Å². The Labute approximate surface area is 204 Å². The topological polar surface area (TPSA) is 84.1 Å². The predicted molar refractivity (Wildman–Crippen MR) is 127 cm³/mol. The van der Waals surface area contributed by atoms with E-state index in [1.807, 2.05) is 19.1 Å². The largest absolute Gasteiger partial charge is 0.381 e. The molecule has 1 N–H and O–H groups in total. The highest BCUT2D eigenvalue weighted by atomic mass is 19.1. The maximum absolute atomic E-state index is 16.1. The first-order valence-corrected chi connectivity index (χ1v) is 12.7. The van der Waals surface area contributed by atoms with Crippen molar-refractivity contribution in [1.82, 2.24) is 15.2 Å². The van der Waals surface area contributed by atoms with E-state index in [9.17, 15) is 9.59 Å². The number of aryl methyl sites for hydroxylation is 1. The first kappa shape index (κ1) is 23.0. The van der Waals surface area contributed by atoms with Crippen molar-refractivity contribution in [2.75, 3.05) is 32.8 Å². The van der Waals surface area contributed by atoms with Gasteiger partial charge in [0.15, 0.2) is 0 Å². The summed E-state index contributed by atoms with van der Waals surface area (Å²) in [5.74, 6) is -0.767. The maximum Gasteiger partial charge on any atom is 0.234 e. The number of halogens is 1. The van der Waals surface area contributed by atoms with E-state index in [1.54, 1.807) is 6.07 Å². The third-order valence-electron chi connectivity index (χ3n) is 8.59. The molecule has 186 valence electrons. The van der Waals surface area contributed by atoms with Crippen LogP contribution in [0.1, 0.15) is 61.8 Å². The molecule has 5 heterocycles. The van der Waals surface area contributed by atoms with Gasteiger partial charge in [-0.1, -0.05) is 6.07 Å². The van der Waals surface area contributed by atoms with Crippen LogP contribution in [-0.4, -0.2) is 60.1 Å². The SMILES string of the molecule is Cc1nc2ccc(C34CCN(CC5CCOCC5)CC3(C)O4)c(F)c2cc1C1CCC(=O)NC1=O. The Morgan fingerprint density at radius 1 is 1.23 bits per heavy atom. The summed E-state index contributed by atoms with van der Waals surface area (Å²) in [7, 11) is 0. The quantitative estimate of drug-likeness (QED) is 0.533. The van der Waals surface area contributed by atoms with Crippen molar-refractivity contribution in [2.24, 2.45) is 5.92 Å². The van der Waals surface area contributed by atoms with Crippen molar-refractivity contribution in [1.29, 1.82) is 0 Å². The van der Waals surface area contributed by atoms with Gasteiger partial charge in [0.1, 0.15) is 17.0 Å². The molecule has 0 aliphatic carbocycles. The lowest BCUT2D eigenvalue weighted by Crippen LogP contribution is -2.46. The summed E-state index contributed by atoms with van der Waals surface area (Å²) in [4.78, 5) is 31.2. The second kappa shape index (κ2) is 8.32. The second-order valence-electron chi connectivity index (χ2n) is 10.9. The van der Waals surface area contributed by atoms with Gasteiger partial charge in [-0.25, -0.2) is 4.39 Å². The number of piperidine rings is 2. The molecule has 1 aromatic heterocycles. The molecular weight excluding hydrogens is 449 g/mol. The van der Waals surface area contributed by atoms with Gasteiger partial charge in [0.05, 0.1) is 11.4 Å². The number of fused-ring (bicyclic) bond motifs is 2. The van der Waals surface area contributed by atoms with Crippen LogP contribution in [0, 0.1) is 18.7 Å². The fourth-order valence-corrected chi connectivity index (χ4v) is 6.56. The van der Waals surface area contributed by atoms with Gasteiger partial charge in [0, 0.05) is 55.9 Å². The Hall–Kier alpha value is -2.42. The normalized spacial score (nSPS) is 31.9. The standard InChI is InChI=1S/C27H32FN3O4/c1-16-19(18-3-6-23(32)30-25(18)33)13-20-22(29-16)5-4-21(24(20)28)27-9-10-31(15-26(27,2)35-27)14-17-7-11-34-12-8-17/h4-5,13,17-18H,3,6-12,14-15H2,1-2H3,(H,30,32,33). The van der Waals surface area contributed by atoms with Crippen molar-refractivity contribution in [3.63, 3.8) is 0 Å². The molecule has 7 nitrogen and oxygen atoms in total. The van der Waals surface area contributed by atoms with Crippen LogP contribution in [0.3, 0.4) is 0 Å². The highest BCUT2D eigenvalue weighted by Gasteiger charge is 2.70. The molecule has 2 aromatic rings. The molecule has 3 unspecified atom stereocenters. The highest BCUT2D eigenvalue weighted by molar-refractivity contribution is 6.01. The van der Waals surface area contributed by atoms with Gasteiger partial charge in [0.25, 0.3) is 0 Å². The van der Waals surface area contributed by atoms with E-state index in [0.29, 0.717) is 40.1 Å². The summed E-state index contributed by atoms with van der Waals surface area (Å²) >= 11 is 0. The van der Waals surface area contributed by atoms with Crippen LogP contribution >= 0.6 is 0 Å². The van der Waals surface area contributed by atoms with Crippen molar-refractivity contribution < 1.29 is 23.5 Å². The molecule has 4 aliphatic rings.